The molecule has 1 aromatic heterocycles. The van der Waals surface area contributed by atoms with Gasteiger partial charge in [-0.05, 0) is 75.9 Å². The molecule has 0 amide bonds. The first kappa shape index (κ1) is 22.5. The lowest BCUT2D eigenvalue weighted by atomic mass is 9.90. The van der Waals surface area contributed by atoms with E-state index in [9.17, 15) is 4.79 Å². The van der Waals surface area contributed by atoms with Crippen LogP contribution in [-0.4, -0.2) is 33.3 Å². The van der Waals surface area contributed by atoms with Crippen LogP contribution in [0, 0.1) is 12.8 Å². The molecule has 0 aliphatic carbocycles. The maximum Gasteiger partial charge on any atom is 0.162 e. The molecule has 0 bridgehead atoms. The summed E-state index contributed by atoms with van der Waals surface area (Å²) in [4.78, 5) is 19.9. The van der Waals surface area contributed by atoms with Crippen molar-refractivity contribution in [2.24, 2.45) is 5.92 Å². The van der Waals surface area contributed by atoms with Gasteiger partial charge in [0.05, 0.1) is 11.0 Å². The van der Waals surface area contributed by atoms with Crippen molar-refractivity contribution in [3.63, 3.8) is 0 Å². The van der Waals surface area contributed by atoms with Gasteiger partial charge in [0.1, 0.15) is 5.82 Å². The first-order chi connectivity index (χ1) is 14.1. The van der Waals surface area contributed by atoms with Crippen molar-refractivity contribution < 1.29 is 4.79 Å². The van der Waals surface area contributed by atoms with Crippen LogP contribution in [-0.2, 0) is 13.1 Å². The molecule has 0 radical (unpaired) electrons. The lowest BCUT2D eigenvalue weighted by Gasteiger charge is -2.32. The zero-order chi connectivity index (χ0) is 20.2. The van der Waals surface area contributed by atoms with Gasteiger partial charge in [0, 0.05) is 25.1 Å². The number of carbonyl (C=O) groups excluding carboxylic acids is 1. The number of rotatable bonds is 7. The molecule has 5 heteroatoms. The first-order valence-electron chi connectivity index (χ1n) is 10.9. The number of fused-ring (bicyclic) bond motifs is 1. The lowest BCUT2D eigenvalue weighted by Crippen LogP contribution is -2.33. The van der Waals surface area contributed by atoms with Crippen LogP contribution in [0.25, 0.3) is 11.0 Å². The molecule has 1 saturated heterocycles. The van der Waals surface area contributed by atoms with E-state index in [0.717, 1.165) is 55.0 Å². The average Bonchev–Trinajstić information content (AvgIpc) is 3.07. The van der Waals surface area contributed by atoms with Gasteiger partial charge in [0.2, 0.25) is 0 Å². The van der Waals surface area contributed by atoms with Crippen LogP contribution >= 0.6 is 12.4 Å². The smallest absolute Gasteiger partial charge is 0.162 e. The Bertz CT molecular complexity index is 975. The number of nitrogens with zero attached hydrogens (tertiary/aromatic N) is 3. The molecule has 3 aromatic rings. The number of ketones is 1. The van der Waals surface area contributed by atoms with E-state index in [2.05, 4.69) is 51.7 Å². The van der Waals surface area contributed by atoms with Crippen LogP contribution in [0.2, 0.25) is 0 Å². The van der Waals surface area contributed by atoms with Gasteiger partial charge in [-0.25, -0.2) is 4.98 Å². The number of halogens is 1. The van der Waals surface area contributed by atoms with Crippen LogP contribution in [0.1, 0.15) is 54.4 Å². The Hall–Kier alpha value is -2.17. The monoisotopic (exact) mass is 425 g/mol. The standard InChI is InChI=1S/C25H31N3O.ClH/c1-3-28-19(2)26-23-17-22(10-11-24(23)28)25(29)12-9-20-13-15-27(16-14-20)18-21-7-5-4-6-8-21;/h4-8,10-11,17,20H,3,9,12-16,18H2,1-2H3;1H. The molecule has 1 fully saturated rings. The fraction of sp³-hybridized carbons (Fsp3) is 0.440. The van der Waals surface area contributed by atoms with Gasteiger partial charge in [-0.15, -0.1) is 12.4 Å². The Morgan fingerprint density at radius 3 is 2.53 bits per heavy atom. The summed E-state index contributed by atoms with van der Waals surface area (Å²) in [6.45, 7) is 8.35. The molecule has 0 unspecified atom stereocenters. The number of aryl methyl sites for hydroxylation is 2. The molecule has 1 aliphatic rings. The number of Topliss-reactive ketones (excluding diaryl/α,β-unsaturated/α-hetero) is 1. The van der Waals surface area contributed by atoms with Crippen molar-refractivity contribution in [2.75, 3.05) is 13.1 Å². The summed E-state index contributed by atoms with van der Waals surface area (Å²) < 4.78 is 2.19. The Labute approximate surface area is 185 Å². The molecule has 0 N–H and O–H groups in total. The van der Waals surface area contributed by atoms with Crippen molar-refractivity contribution in [1.29, 1.82) is 0 Å². The second-order valence-electron chi connectivity index (χ2n) is 8.27. The molecule has 2 heterocycles. The fourth-order valence-corrected chi connectivity index (χ4v) is 4.58. The van der Waals surface area contributed by atoms with Gasteiger partial charge in [0.25, 0.3) is 0 Å². The quantitative estimate of drug-likeness (QED) is 0.458. The van der Waals surface area contributed by atoms with E-state index in [1.54, 1.807) is 0 Å². The minimum Gasteiger partial charge on any atom is -0.329 e. The fourth-order valence-electron chi connectivity index (χ4n) is 4.58. The summed E-state index contributed by atoms with van der Waals surface area (Å²) in [5, 5.41) is 0. The molecule has 0 saturated carbocycles. The van der Waals surface area contributed by atoms with Gasteiger partial charge in [-0.1, -0.05) is 30.3 Å². The van der Waals surface area contributed by atoms with Crippen molar-refractivity contribution in [1.82, 2.24) is 14.5 Å². The highest BCUT2D eigenvalue weighted by molar-refractivity contribution is 5.99. The van der Waals surface area contributed by atoms with Crippen molar-refractivity contribution in [3.8, 4) is 0 Å². The van der Waals surface area contributed by atoms with Gasteiger partial charge >= 0.3 is 0 Å². The molecule has 0 atom stereocenters. The third-order valence-corrected chi connectivity index (χ3v) is 6.31. The molecule has 2 aromatic carbocycles. The molecule has 30 heavy (non-hydrogen) atoms. The number of aromatic nitrogens is 2. The third-order valence-electron chi connectivity index (χ3n) is 6.31. The second kappa shape index (κ2) is 10.2. The average molecular weight is 426 g/mol. The van der Waals surface area contributed by atoms with E-state index in [1.165, 1.54) is 18.4 Å². The predicted molar refractivity (Wildman–Crippen MR) is 125 cm³/mol. The topological polar surface area (TPSA) is 38.1 Å². The van der Waals surface area contributed by atoms with Gasteiger partial charge in [-0.2, -0.15) is 0 Å². The lowest BCUT2D eigenvalue weighted by molar-refractivity contribution is 0.0961. The SMILES string of the molecule is CCn1c(C)nc2cc(C(=O)CCC3CCN(Cc4ccccc4)CC3)ccc21.Cl. The summed E-state index contributed by atoms with van der Waals surface area (Å²) in [6.07, 6.45) is 4.03. The molecule has 4 rings (SSSR count). The Morgan fingerprint density at radius 1 is 1.10 bits per heavy atom. The second-order valence-corrected chi connectivity index (χ2v) is 8.27. The van der Waals surface area contributed by atoms with E-state index in [4.69, 9.17) is 0 Å². The molecule has 160 valence electrons. The van der Waals surface area contributed by atoms with Crippen LogP contribution < -0.4 is 0 Å². The minimum atomic E-state index is 0. The number of hydrogen-bond donors (Lipinski definition) is 0. The van der Waals surface area contributed by atoms with Crippen molar-refractivity contribution in [3.05, 3.63) is 65.5 Å². The normalized spacial score (nSPS) is 15.3. The molecule has 4 nitrogen and oxygen atoms in total. The zero-order valence-corrected chi connectivity index (χ0v) is 18.8. The number of piperidine rings is 1. The summed E-state index contributed by atoms with van der Waals surface area (Å²) in [7, 11) is 0. The summed E-state index contributed by atoms with van der Waals surface area (Å²) in [5.41, 5.74) is 4.24. The number of likely N-dealkylation sites (tertiary alicyclic amines) is 1. The van der Waals surface area contributed by atoms with Gasteiger partial charge < -0.3 is 4.57 Å². The number of benzene rings is 2. The Balaban J connectivity index is 0.00000256. The van der Waals surface area contributed by atoms with Crippen molar-refractivity contribution >= 4 is 29.2 Å². The Kier molecular flexibility index (Phi) is 7.68. The summed E-state index contributed by atoms with van der Waals surface area (Å²) >= 11 is 0. The molecular weight excluding hydrogens is 394 g/mol. The van der Waals surface area contributed by atoms with Crippen LogP contribution in [0.5, 0.6) is 0 Å². The van der Waals surface area contributed by atoms with E-state index in [0.29, 0.717) is 12.3 Å². The van der Waals surface area contributed by atoms with Crippen LogP contribution in [0.3, 0.4) is 0 Å². The van der Waals surface area contributed by atoms with Crippen LogP contribution in [0.15, 0.2) is 48.5 Å². The highest BCUT2D eigenvalue weighted by Crippen LogP contribution is 2.25. The predicted octanol–water partition coefficient (Wildman–Crippen LogP) is 5.66. The van der Waals surface area contributed by atoms with Crippen LogP contribution in [0.4, 0.5) is 0 Å². The number of carbonyl (C=O) groups is 1. The maximum absolute atomic E-state index is 12.8. The van der Waals surface area contributed by atoms with E-state index < -0.39 is 0 Å². The maximum atomic E-state index is 12.8. The molecule has 0 spiro atoms. The van der Waals surface area contributed by atoms with Gasteiger partial charge in [0.15, 0.2) is 5.78 Å². The van der Waals surface area contributed by atoms with Gasteiger partial charge in [-0.3, -0.25) is 9.69 Å². The summed E-state index contributed by atoms with van der Waals surface area (Å²) in [6, 6.07) is 16.7. The van der Waals surface area contributed by atoms with E-state index in [1.807, 2.05) is 25.1 Å². The van der Waals surface area contributed by atoms with Crippen molar-refractivity contribution in [2.45, 2.75) is 52.6 Å². The third kappa shape index (κ3) is 5.11. The molecular formula is C25H32ClN3O. The van der Waals surface area contributed by atoms with E-state index in [-0.39, 0.29) is 18.2 Å². The number of hydrogen-bond acceptors (Lipinski definition) is 3. The zero-order valence-electron chi connectivity index (χ0n) is 18.0. The minimum absolute atomic E-state index is 0. The number of imidazole rings is 1. The highest BCUT2D eigenvalue weighted by atomic mass is 35.5. The molecule has 1 aliphatic heterocycles. The highest BCUT2D eigenvalue weighted by Gasteiger charge is 2.20. The first-order valence-corrected chi connectivity index (χ1v) is 10.9. The van der Waals surface area contributed by atoms with E-state index >= 15 is 0 Å². The largest absolute Gasteiger partial charge is 0.329 e. The Morgan fingerprint density at radius 2 is 1.83 bits per heavy atom. The summed E-state index contributed by atoms with van der Waals surface area (Å²) in [5.74, 6) is 1.92.